The number of carbonyl (C=O) groups is 1. The van der Waals surface area contributed by atoms with Crippen molar-refractivity contribution in [1.82, 2.24) is 5.32 Å². The van der Waals surface area contributed by atoms with Crippen LogP contribution in [0.4, 0.5) is 0 Å². The van der Waals surface area contributed by atoms with Crippen LogP contribution in [0.2, 0.25) is 0 Å². The Hall–Kier alpha value is -1.54. The minimum absolute atomic E-state index is 0.114. The summed E-state index contributed by atoms with van der Waals surface area (Å²) in [5.41, 5.74) is 8.06. The first-order valence-electron chi connectivity index (χ1n) is 8.38. The molecule has 5 atom stereocenters. The minimum Gasteiger partial charge on any atom is -0.387 e. The average Bonchev–Trinajstić information content (AvgIpc) is 2.66. The van der Waals surface area contributed by atoms with E-state index in [1.165, 1.54) is 0 Å². The number of hydrogen-bond acceptors (Lipinski definition) is 10. The molecule has 13 heteroatoms. The SMILES string of the molecule is [N-]=[N+]=NCCOCCOCCOCCNC(=O)[C@H]1OC(O)[C@@H](O)[C@@H](O)[C@@H]1O. The molecule has 0 saturated carbocycles. The quantitative estimate of drug-likeness (QED) is 0.0952. The highest BCUT2D eigenvalue weighted by atomic mass is 16.6. The molecule has 1 fully saturated rings. The van der Waals surface area contributed by atoms with Crippen molar-refractivity contribution < 1.29 is 44.2 Å². The zero-order chi connectivity index (χ0) is 20.1. The van der Waals surface area contributed by atoms with E-state index in [2.05, 4.69) is 15.3 Å². The zero-order valence-electron chi connectivity index (χ0n) is 14.7. The van der Waals surface area contributed by atoms with Crippen LogP contribution < -0.4 is 5.32 Å². The van der Waals surface area contributed by atoms with Gasteiger partial charge in [0, 0.05) is 18.0 Å². The van der Waals surface area contributed by atoms with Gasteiger partial charge in [0.15, 0.2) is 12.4 Å². The molecule has 5 N–H and O–H groups in total. The highest BCUT2D eigenvalue weighted by Gasteiger charge is 2.45. The fourth-order valence-electron chi connectivity index (χ4n) is 2.12. The van der Waals surface area contributed by atoms with E-state index in [1.807, 2.05) is 0 Å². The molecule has 0 aromatic heterocycles. The number of nitrogens with zero attached hydrogens (tertiary/aromatic N) is 3. The van der Waals surface area contributed by atoms with Gasteiger partial charge < -0.3 is 44.7 Å². The normalized spacial score (nSPS) is 27.8. The van der Waals surface area contributed by atoms with E-state index < -0.39 is 36.6 Å². The number of ether oxygens (including phenoxy) is 4. The number of aliphatic hydroxyl groups excluding tert-OH is 4. The van der Waals surface area contributed by atoms with Gasteiger partial charge in [-0.15, -0.1) is 0 Å². The number of nitrogens with one attached hydrogen (secondary N) is 1. The minimum atomic E-state index is -1.77. The second-order valence-electron chi connectivity index (χ2n) is 5.50. The largest absolute Gasteiger partial charge is 0.387 e. The van der Waals surface area contributed by atoms with Gasteiger partial charge in [-0.25, -0.2) is 0 Å². The first-order chi connectivity index (χ1) is 13.0. The Morgan fingerprint density at radius 1 is 0.963 bits per heavy atom. The molecule has 1 saturated heterocycles. The van der Waals surface area contributed by atoms with Crippen molar-refractivity contribution in [2.45, 2.75) is 30.7 Å². The summed E-state index contributed by atoms with van der Waals surface area (Å²) in [5, 5.41) is 43.7. The van der Waals surface area contributed by atoms with E-state index >= 15 is 0 Å². The van der Waals surface area contributed by atoms with Gasteiger partial charge in [-0.2, -0.15) is 0 Å². The number of rotatable bonds is 13. The van der Waals surface area contributed by atoms with Crippen LogP contribution in [-0.4, -0.2) is 110 Å². The van der Waals surface area contributed by atoms with Crippen LogP contribution in [0.3, 0.4) is 0 Å². The number of hydrogen-bond donors (Lipinski definition) is 5. The third-order valence-corrected chi connectivity index (χ3v) is 3.54. The molecule has 1 amide bonds. The fraction of sp³-hybridized carbons (Fsp3) is 0.929. The van der Waals surface area contributed by atoms with Gasteiger partial charge in [0.25, 0.3) is 5.91 Å². The Kier molecular flexibility index (Phi) is 11.8. The van der Waals surface area contributed by atoms with Crippen LogP contribution in [-0.2, 0) is 23.7 Å². The Labute approximate surface area is 155 Å². The van der Waals surface area contributed by atoms with Gasteiger partial charge in [-0.05, 0) is 5.53 Å². The summed E-state index contributed by atoms with van der Waals surface area (Å²) in [6, 6.07) is 0. The molecule has 0 aromatic rings. The van der Waals surface area contributed by atoms with E-state index in [9.17, 15) is 25.2 Å². The zero-order valence-corrected chi connectivity index (χ0v) is 14.7. The smallest absolute Gasteiger partial charge is 0.252 e. The Morgan fingerprint density at radius 3 is 2.19 bits per heavy atom. The van der Waals surface area contributed by atoms with Crippen LogP contribution in [0.25, 0.3) is 10.4 Å². The molecule has 1 heterocycles. The van der Waals surface area contributed by atoms with E-state index in [-0.39, 0.29) is 19.7 Å². The van der Waals surface area contributed by atoms with Crippen LogP contribution in [0.1, 0.15) is 0 Å². The lowest BCUT2D eigenvalue weighted by Crippen LogP contribution is -2.61. The first-order valence-corrected chi connectivity index (χ1v) is 8.38. The van der Waals surface area contributed by atoms with E-state index in [1.54, 1.807) is 0 Å². The number of amides is 1. The van der Waals surface area contributed by atoms with Gasteiger partial charge in [-0.1, -0.05) is 5.11 Å². The van der Waals surface area contributed by atoms with Gasteiger partial charge in [0.2, 0.25) is 0 Å². The lowest BCUT2D eigenvalue weighted by molar-refractivity contribution is -0.275. The van der Waals surface area contributed by atoms with Gasteiger partial charge in [-0.3, -0.25) is 4.79 Å². The Morgan fingerprint density at radius 2 is 1.56 bits per heavy atom. The van der Waals surface area contributed by atoms with E-state index in [4.69, 9.17) is 24.5 Å². The van der Waals surface area contributed by atoms with Crippen molar-refractivity contribution in [1.29, 1.82) is 0 Å². The third kappa shape index (κ3) is 8.79. The highest BCUT2D eigenvalue weighted by Crippen LogP contribution is 2.19. The molecular weight excluding hydrogens is 368 g/mol. The fourth-order valence-corrected chi connectivity index (χ4v) is 2.12. The predicted molar refractivity (Wildman–Crippen MR) is 88.4 cm³/mol. The van der Waals surface area contributed by atoms with Crippen molar-refractivity contribution in [2.24, 2.45) is 5.11 Å². The van der Waals surface area contributed by atoms with E-state index in [0.29, 0.717) is 33.0 Å². The molecule has 1 rings (SSSR count). The standard InChI is InChI=1S/C14H26N4O9/c15-18-17-2-4-25-6-8-26-7-5-24-3-1-16-13(22)12-10(20)9(19)11(21)14(23)27-12/h9-12,14,19-21,23H,1-8H2,(H,16,22)/t9-,10-,11-,12-,14?/m0/s1. The van der Waals surface area contributed by atoms with Crippen molar-refractivity contribution in [3.8, 4) is 0 Å². The maximum absolute atomic E-state index is 11.9. The summed E-state index contributed by atoms with van der Waals surface area (Å²) < 4.78 is 20.4. The lowest BCUT2D eigenvalue weighted by Gasteiger charge is -2.37. The summed E-state index contributed by atoms with van der Waals surface area (Å²) in [6.45, 7) is 2.24. The molecule has 1 aliphatic rings. The molecule has 1 aliphatic heterocycles. The number of azide groups is 1. The number of carbonyl (C=O) groups excluding carboxylic acids is 1. The topological polar surface area (TPSA) is 196 Å². The van der Waals surface area contributed by atoms with Crippen LogP contribution in [0, 0.1) is 0 Å². The van der Waals surface area contributed by atoms with Crippen molar-refractivity contribution in [2.75, 3.05) is 52.7 Å². The predicted octanol–water partition coefficient (Wildman–Crippen LogP) is -2.74. The highest BCUT2D eigenvalue weighted by molar-refractivity contribution is 5.81. The Bertz CT molecular complexity index is 478. The average molecular weight is 394 g/mol. The molecule has 0 spiro atoms. The first kappa shape index (κ1) is 23.5. The monoisotopic (exact) mass is 394 g/mol. The van der Waals surface area contributed by atoms with Gasteiger partial charge >= 0.3 is 0 Å². The molecule has 0 radical (unpaired) electrons. The second kappa shape index (κ2) is 13.6. The summed E-state index contributed by atoms with van der Waals surface area (Å²) in [6.07, 6.45) is -8.31. The molecule has 0 bridgehead atoms. The van der Waals surface area contributed by atoms with Gasteiger partial charge in [0.05, 0.1) is 39.6 Å². The summed E-state index contributed by atoms with van der Waals surface area (Å²) in [4.78, 5) is 14.5. The lowest BCUT2D eigenvalue weighted by atomic mass is 9.98. The molecule has 0 aliphatic carbocycles. The Balaban J connectivity index is 2.00. The molecular formula is C14H26N4O9. The molecule has 0 aromatic carbocycles. The van der Waals surface area contributed by atoms with Crippen molar-refractivity contribution in [3.63, 3.8) is 0 Å². The maximum Gasteiger partial charge on any atom is 0.252 e. The summed E-state index contributed by atoms with van der Waals surface area (Å²) >= 11 is 0. The number of aliphatic hydroxyl groups is 4. The molecule has 1 unspecified atom stereocenters. The molecule has 156 valence electrons. The van der Waals surface area contributed by atoms with Crippen molar-refractivity contribution in [3.05, 3.63) is 10.4 Å². The van der Waals surface area contributed by atoms with Crippen LogP contribution >= 0.6 is 0 Å². The van der Waals surface area contributed by atoms with Gasteiger partial charge in [0.1, 0.15) is 18.3 Å². The van der Waals surface area contributed by atoms with Crippen LogP contribution in [0.15, 0.2) is 5.11 Å². The summed E-state index contributed by atoms with van der Waals surface area (Å²) in [5.74, 6) is -0.745. The molecule has 13 nitrogen and oxygen atoms in total. The van der Waals surface area contributed by atoms with E-state index in [0.717, 1.165) is 0 Å². The second-order valence-corrected chi connectivity index (χ2v) is 5.50. The molecule has 27 heavy (non-hydrogen) atoms. The third-order valence-electron chi connectivity index (χ3n) is 3.54. The van der Waals surface area contributed by atoms with Crippen LogP contribution in [0.5, 0.6) is 0 Å². The maximum atomic E-state index is 11.9. The summed E-state index contributed by atoms with van der Waals surface area (Å²) in [7, 11) is 0. The van der Waals surface area contributed by atoms with Crippen molar-refractivity contribution >= 4 is 5.91 Å².